The third-order valence-electron chi connectivity index (χ3n) is 3.64. The molecule has 0 aromatic carbocycles. The maximum atomic E-state index is 11.5. The third kappa shape index (κ3) is 2.93. The molecular formula is C11H21NO2S2. The fraction of sp³-hybridized carbons (Fsp3) is 1.00. The van der Waals surface area contributed by atoms with Crippen molar-refractivity contribution in [1.82, 2.24) is 5.32 Å². The van der Waals surface area contributed by atoms with Crippen LogP contribution in [0.25, 0.3) is 0 Å². The lowest BCUT2D eigenvalue weighted by Gasteiger charge is -2.36. The molecular weight excluding hydrogens is 242 g/mol. The molecule has 3 atom stereocenters. The molecule has 5 heteroatoms. The van der Waals surface area contributed by atoms with Crippen LogP contribution in [-0.4, -0.2) is 42.5 Å². The lowest BCUT2D eigenvalue weighted by molar-refractivity contribution is 0.321. The van der Waals surface area contributed by atoms with Gasteiger partial charge in [0.1, 0.15) is 0 Å². The van der Waals surface area contributed by atoms with Crippen molar-refractivity contribution in [2.75, 3.05) is 17.3 Å². The van der Waals surface area contributed by atoms with E-state index in [2.05, 4.69) is 19.2 Å². The number of hydrogen-bond acceptors (Lipinski definition) is 4. The normalized spacial score (nSPS) is 43.4. The summed E-state index contributed by atoms with van der Waals surface area (Å²) >= 11 is 2.00. The molecule has 2 saturated heterocycles. The smallest absolute Gasteiger partial charge is 0.152 e. The Kier molecular flexibility index (Phi) is 3.57. The van der Waals surface area contributed by atoms with E-state index >= 15 is 0 Å². The Morgan fingerprint density at radius 3 is 2.75 bits per heavy atom. The van der Waals surface area contributed by atoms with Crippen molar-refractivity contribution in [3.8, 4) is 0 Å². The van der Waals surface area contributed by atoms with Gasteiger partial charge in [0.15, 0.2) is 9.84 Å². The van der Waals surface area contributed by atoms with Gasteiger partial charge < -0.3 is 5.32 Å². The molecule has 0 spiro atoms. The maximum Gasteiger partial charge on any atom is 0.152 e. The average molecular weight is 263 g/mol. The molecule has 0 radical (unpaired) electrons. The first kappa shape index (κ1) is 12.7. The highest BCUT2D eigenvalue weighted by atomic mass is 32.2. The van der Waals surface area contributed by atoms with Crippen molar-refractivity contribution < 1.29 is 8.42 Å². The van der Waals surface area contributed by atoms with Crippen molar-refractivity contribution in [3.63, 3.8) is 0 Å². The average Bonchev–Trinajstić information content (AvgIpc) is 2.45. The van der Waals surface area contributed by atoms with E-state index in [0.717, 1.165) is 6.42 Å². The monoisotopic (exact) mass is 263 g/mol. The van der Waals surface area contributed by atoms with E-state index in [-0.39, 0.29) is 5.54 Å². The van der Waals surface area contributed by atoms with Crippen LogP contribution in [0.3, 0.4) is 0 Å². The molecule has 0 saturated carbocycles. The van der Waals surface area contributed by atoms with E-state index in [0.29, 0.717) is 22.8 Å². The Morgan fingerprint density at radius 2 is 2.19 bits per heavy atom. The second-order valence-corrected chi connectivity index (χ2v) is 9.04. The summed E-state index contributed by atoms with van der Waals surface area (Å²) in [5.41, 5.74) is -0.185. The van der Waals surface area contributed by atoms with Crippen LogP contribution >= 0.6 is 11.8 Å². The molecule has 94 valence electrons. The largest absolute Gasteiger partial charge is 0.307 e. The molecule has 2 fully saturated rings. The number of rotatable bonds is 2. The first-order chi connectivity index (χ1) is 7.40. The van der Waals surface area contributed by atoms with E-state index in [1.54, 1.807) is 0 Å². The molecule has 2 rings (SSSR count). The van der Waals surface area contributed by atoms with Crippen molar-refractivity contribution in [2.24, 2.45) is 0 Å². The molecule has 2 aliphatic rings. The second kappa shape index (κ2) is 4.50. The summed E-state index contributed by atoms with van der Waals surface area (Å²) in [6, 6.07) is 0.483. The van der Waals surface area contributed by atoms with Crippen LogP contribution in [0.15, 0.2) is 0 Å². The standard InChI is InChI=1S/C11H21NO2S2/c1-9-10(4-3-6-15-9)12-11(2)5-7-16(13,14)8-11/h9-10,12H,3-8H2,1-2H3. The minimum atomic E-state index is -2.79. The number of hydrogen-bond donors (Lipinski definition) is 1. The summed E-state index contributed by atoms with van der Waals surface area (Å²) < 4.78 is 23.0. The predicted octanol–water partition coefficient (Wildman–Crippen LogP) is 1.44. The van der Waals surface area contributed by atoms with Crippen LogP contribution in [0.2, 0.25) is 0 Å². The van der Waals surface area contributed by atoms with Gasteiger partial charge in [-0.3, -0.25) is 0 Å². The third-order valence-corrected chi connectivity index (χ3v) is 6.93. The van der Waals surface area contributed by atoms with Crippen LogP contribution < -0.4 is 5.32 Å². The molecule has 3 unspecified atom stereocenters. The van der Waals surface area contributed by atoms with Gasteiger partial charge in [-0.15, -0.1) is 0 Å². The van der Waals surface area contributed by atoms with Gasteiger partial charge in [-0.1, -0.05) is 6.92 Å². The molecule has 0 aromatic heterocycles. The molecule has 2 aliphatic heterocycles. The fourth-order valence-electron chi connectivity index (χ4n) is 2.68. The van der Waals surface area contributed by atoms with Gasteiger partial charge in [0.25, 0.3) is 0 Å². The number of thioether (sulfide) groups is 1. The highest BCUT2D eigenvalue weighted by molar-refractivity contribution is 8.00. The van der Waals surface area contributed by atoms with Crippen molar-refractivity contribution in [1.29, 1.82) is 0 Å². The number of nitrogens with one attached hydrogen (secondary N) is 1. The van der Waals surface area contributed by atoms with Gasteiger partial charge in [0, 0.05) is 16.8 Å². The molecule has 3 nitrogen and oxygen atoms in total. The summed E-state index contributed by atoms with van der Waals surface area (Å²) in [4.78, 5) is 0. The van der Waals surface area contributed by atoms with Crippen molar-refractivity contribution in [3.05, 3.63) is 0 Å². The van der Waals surface area contributed by atoms with Gasteiger partial charge in [0.05, 0.1) is 11.5 Å². The topological polar surface area (TPSA) is 46.2 Å². The zero-order valence-corrected chi connectivity index (χ0v) is 11.7. The molecule has 0 amide bonds. The molecule has 0 aromatic rings. The Morgan fingerprint density at radius 1 is 1.44 bits per heavy atom. The van der Waals surface area contributed by atoms with Crippen LogP contribution in [0.5, 0.6) is 0 Å². The first-order valence-electron chi connectivity index (χ1n) is 6.00. The molecule has 16 heavy (non-hydrogen) atoms. The van der Waals surface area contributed by atoms with Gasteiger partial charge in [-0.2, -0.15) is 11.8 Å². The van der Waals surface area contributed by atoms with Crippen LogP contribution in [0.4, 0.5) is 0 Å². The van der Waals surface area contributed by atoms with E-state index in [4.69, 9.17) is 0 Å². The second-order valence-electron chi connectivity index (χ2n) is 5.37. The van der Waals surface area contributed by atoms with Gasteiger partial charge in [-0.25, -0.2) is 8.42 Å². The van der Waals surface area contributed by atoms with E-state index in [1.165, 1.54) is 18.6 Å². The van der Waals surface area contributed by atoms with E-state index in [1.807, 2.05) is 11.8 Å². The predicted molar refractivity (Wildman–Crippen MR) is 69.8 cm³/mol. The van der Waals surface area contributed by atoms with Crippen LogP contribution in [0.1, 0.15) is 33.1 Å². The van der Waals surface area contributed by atoms with Crippen LogP contribution in [0, 0.1) is 0 Å². The molecule has 2 heterocycles. The van der Waals surface area contributed by atoms with E-state index < -0.39 is 9.84 Å². The highest BCUT2D eigenvalue weighted by Crippen LogP contribution is 2.30. The Hall–Kier alpha value is 0.260. The minimum Gasteiger partial charge on any atom is -0.307 e. The summed E-state index contributed by atoms with van der Waals surface area (Å²) in [5.74, 6) is 1.91. The summed E-state index contributed by atoms with van der Waals surface area (Å²) in [6.45, 7) is 4.30. The molecule has 0 aliphatic carbocycles. The van der Waals surface area contributed by atoms with Gasteiger partial charge in [0.2, 0.25) is 0 Å². The Bertz CT molecular complexity index is 355. The maximum absolute atomic E-state index is 11.5. The Labute approximate surface area is 103 Å². The minimum absolute atomic E-state index is 0.185. The lowest BCUT2D eigenvalue weighted by Crippen LogP contribution is -2.53. The van der Waals surface area contributed by atoms with Crippen molar-refractivity contribution >= 4 is 21.6 Å². The summed E-state index contributed by atoms with van der Waals surface area (Å²) in [6.07, 6.45) is 3.20. The van der Waals surface area contributed by atoms with E-state index in [9.17, 15) is 8.42 Å². The van der Waals surface area contributed by atoms with Gasteiger partial charge >= 0.3 is 0 Å². The quantitative estimate of drug-likeness (QED) is 0.819. The SMILES string of the molecule is CC1SCCCC1NC1(C)CCS(=O)(=O)C1. The zero-order chi connectivity index (χ0) is 11.8. The summed E-state index contributed by atoms with van der Waals surface area (Å²) in [5, 5.41) is 4.21. The molecule has 1 N–H and O–H groups in total. The van der Waals surface area contributed by atoms with Gasteiger partial charge in [-0.05, 0) is 31.9 Å². The fourth-order valence-corrected chi connectivity index (χ4v) is 5.93. The van der Waals surface area contributed by atoms with Crippen molar-refractivity contribution in [2.45, 2.75) is 49.9 Å². The first-order valence-corrected chi connectivity index (χ1v) is 8.87. The Balaban J connectivity index is 1.98. The molecule has 0 bridgehead atoms. The zero-order valence-electron chi connectivity index (χ0n) is 10.0. The lowest BCUT2D eigenvalue weighted by atomic mass is 9.98. The number of sulfone groups is 1. The highest BCUT2D eigenvalue weighted by Gasteiger charge is 2.40. The van der Waals surface area contributed by atoms with Crippen LogP contribution in [-0.2, 0) is 9.84 Å². The summed E-state index contributed by atoms with van der Waals surface area (Å²) in [7, 11) is -2.79.